The van der Waals surface area contributed by atoms with Gasteiger partial charge in [-0.25, -0.2) is 0 Å². The number of aromatic nitrogens is 2. The van der Waals surface area contributed by atoms with Crippen LogP contribution >= 0.6 is 0 Å². The largest absolute Gasteiger partial charge is 0.278 e. The van der Waals surface area contributed by atoms with Gasteiger partial charge in [0.2, 0.25) is 0 Å². The van der Waals surface area contributed by atoms with Crippen molar-refractivity contribution in [2.45, 2.75) is 13.8 Å². The van der Waals surface area contributed by atoms with E-state index in [0.717, 1.165) is 10.9 Å². The summed E-state index contributed by atoms with van der Waals surface area (Å²) >= 11 is 0. The molecule has 2 heteroatoms. The predicted octanol–water partition coefficient (Wildman–Crippen LogP) is 2.99. The molecular weight excluding hydrogens is 160 g/mol. The number of aromatic amines is 1. The number of fused-ring (bicyclic) bond motifs is 1. The number of rotatable bonds is 1. The molecule has 0 aliphatic carbocycles. The maximum atomic E-state index is 3.98. The monoisotopic (exact) mass is 172 g/mol. The molecule has 0 bridgehead atoms. The Bertz CT molecular complexity index is 452. The first-order chi connectivity index (χ1) is 6.31. The van der Waals surface area contributed by atoms with Crippen LogP contribution in [0.3, 0.4) is 0 Å². The molecule has 1 aromatic heterocycles. The van der Waals surface area contributed by atoms with Gasteiger partial charge in [-0.15, -0.1) is 0 Å². The van der Waals surface area contributed by atoms with Crippen LogP contribution in [0.25, 0.3) is 16.5 Å². The van der Waals surface area contributed by atoms with Crippen molar-refractivity contribution in [2.75, 3.05) is 0 Å². The van der Waals surface area contributed by atoms with Gasteiger partial charge in [-0.2, -0.15) is 5.10 Å². The Labute approximate surface area is 77.3 Å². The van der Waals surface area contributed by atoms with Gasteiger partial charge < -0.3 is 0 Å². The topological polar surface area (TPSA) is 28.7 Å². The van der Waals surface area contributed by atoms with E-state index in [1.807, 2.05) is 13.1 Å². The van der Waals surface area contributed by atoms with E-state index in [1.54, 1.807) is 0 Å². The molecule has 2 nitrogen and oxygen atoms in total. The average molecular weight is 172 g/mol. The molecule has 1 N–H and O–H groups in total. The van der Waals surface area contributed by atoms with Gasteiger partial charge >= 0.3 is 0 Å². The van der Waals surface area contributed by atoms with Crippen LogP contribution in [0.2, 0.25) is 0 Å². The second-order valence-corrected chi connectivity index (χ2v) is 3.14. The zero-order chi connectivity index (χ0) is 9.26. The second-order valence-electron chi connectivity index (χ2n) is 3.14. The molecule has 2 rings (SSSR count). The van der Waals surface area contributed by atoms with Gasteiger partial charge in [-0.3, -0.25) is 5.10 Å². The fourth-order valence-electron chi connectivity index (χ4n) is 1.35. The Morgan fingerprint density at radius 1 is 1.46 bits per heavy atom. The molecule has 0 saturated heterocycles. The standard InChI is InChI=1S/C11H12N2/c1-3-8(2)9-4-5-10-7-12-13-11(10)6-9/h3-7H,1-2H3,(H,12,13). The fourth-order valence-corrected chi connectivity index (χ4v) is 1.35. The van der Waals surface area contributed by atoms with Gasteiger partial charge in [-0.1, -0.05) is 18.2 Å². The Hall–Kier alpha value is -1.57. The molecule has 2 aromatic rings. The minimum atomic E-state index is 1.10. The normalized spacial score (nSPS) is 12.3. The van der Waals surface area contributed by atoms with Crippen molar-refractivity contribution in [3.05, 3.63) is 36.0 Å². The van der Waals surface area contributed by atoms with Gasteiger partial charge in [0, 0.05) is 5.39 Å². The van der Waals surface area contributed by atoms with E-state index in [1.165, 1.54) is 11.1 Å². The summed E-state index contributed by atoms with van der Waals surface area (Å²) in [5.41, 5.74) is 3.63. The molecule has 0 aliphatic heterocycles. The summed E-state index contributed by atoms with van der Waals surface area (Å²) in [5.74, 6) is 0. The third kappa shape index (κ3) is 1.35. The van der Waals surface area contributed by atoms with Gasteiger partial charge in [0.25, 0.3) is 0 Å². The number of hydrogen-bond donors (Lipinski definition) is 1. The number of H-pyrrole nitrogens is 1. The molecule has 13 heavy (non-hydrogen) atoms. The van der Waals surface area contributed by atoms with Gasteiger partial charge in [0.1, 0.15) is 0 Å². The minimum Gasteiger partial charge on any atom is -0.278 e. The van der Waals surface area contributed by atoms with Gasteiger partial charge in [-0.05, 0) is 31.1 Å². The van der Waals surface area contributed by atoms with Crippen molar-refractivity contribution < 1.29 is 0 Å². The Balaban J connectivity index is 2.60. The highest BCUT2D eigenvalue weighted by Gasteiger charge is 1.98. The first kappa shape index (κ1) is 8.05. The molecule has 0 fully saturated rings. The minimum absolute atomic E-state index is 1.10. The second kappa shape index (κ2) is 3.05. The number of nitrogens with zero attached hydrogens (tertiary/aromatic N) is 1. The lowest BCUT2D eigenvalue weighted by molar-refractivity contribution is 1.12. The first-order valence-electron chi connectivity index (χ1n) is 4.37. The molecule has 0 unspecified atom stereocenters. The Kier molecular flexibility index (Phi) is 1.89. The van der Waals surface area contributed by atoms with E-state index < -0.39 is 0 Å². The molecule has 1 aromatic carbocycles. The summed E-state index contributed by atoms with van der Waals surface area (Å²) < 4.78 is 0. The number of hydrogen-bond acceptors (Lipinski definition) is 1. The molecule has 0 atom stereocenters. The fraction of sp³-hybridized carbons (Fsp3) is 0.182. The van der Waals surface area contributed by atoms with Crippen molar-refractivity contribution >= 4 is 16.5 Å². The van der Waals surface area contributed by atoms with Crippen molar-refractivity contribution in [1.29, 1.82) is 0 Å². The quantitative estimate of drug-likeness (QED) is 0.703. The van der Waals surface area contributed by atoms with Crippen molar-refractivity contribution in [3.8, 4) is 0 Å². The molecule has 0 amide bonds. The van der Waals surface area contributed by atoms with E-state index in [0.29, 0.717) is 0 Å². The number of allylic oxidation sites excluding steroid dienone is 2. The summed E-state index contributed by atoms with van der Waals surface area (Å²) in [6.45, 7) is 4.16. The van der Waals surface area contributed by atoms with Crippen LogP contribution in [0.1, 0.15) is 19.4 Å². The Morgan fingerprint density at radius 3 is 3.08 bits per heavy atom. The SMILES string of the molecule is CC=C(C)c1ccc2cn[nH]c2c1. The van der Waals surface area contributed by atoms with Crippen LogP contribution < -0.4 is 0 Å². The number of benzene rings is 1. The zero-order valence-electron chi connectivity index (χ0n) is 7.83. The third-order valence-corrected chi connectivity index (χ3v) is 2.33. The van der Waals surface area contributed by atoms with Crippen molar-refractivity contribution in [1.82, 2.24) is 10.2 Å². The van der Waals surface area contributed by atoms with Crippen LogP contribution in [-0.4, -0.2) is 10.2 Å². The van der Waals surface area contributed by atoms with E-state index in [4.69, 9.17) is 0 Å². The summed E-state index contributed by atoms with van der Waals surface area (Å²) in [6.07, 6.45) is 3.95. The van der Waals surface area contributed by atoms with E-state index in [2.05, 4.69) is 41.4 Å². The van der Waals surface area contributed by atoms with Gasteiger partial charge in [0.05, 0.1) is 11.7 Å². The summed E-state index contributed by atoms with van der Waals surface area (Å²) in [4.78, 5) is 0. The molecular formula is C11H12N2. The van der Waals surface area contributed by atoms with Crippen LogP contribution in [-0.2, 0) is 0 Å². The lowest BCUT2D eigenvalue weighted by Gasteiger charge is -1.99. The summed E-state index contributed by atoms with van der Waals surface area (Å²) in [6, 6.07) is 6.33. The molecule has 0 spiro atoms. The average Bonchev–Trinajstić information content (AvgIpc) is 2.63. The molecule has 66 valence electrons. The zero-order valence-corrected chi connectivity index (χ0v) is 7.83. The maximum absolute atomic E-state index is 3.98. The number of nitrogens with one attached hydrogen (secondary N) is 1. The molecule has 1 heterocycles. The predicted molar refractivity (Wildman–Crippen MR) is 55.4 cm³/mol. The van der Waals surface area contributed by atoms with Crippen LogP contribution in [0.4, 0.5) is 0 Å². The third-order valence-electron chi connectivity index (χ3n) is 2.33. The van der Waals surface area contributed by atoms with Crippen LogP contribution in [0.15, 0.2) is 30.5 Å². The van der Waals surface area contributed by atoms with Crippen LogP contribution in [0, 0.1) is 0 Å². The van der Waals surface area contributed by atoms with E-state index in [-0.39, 0.29) is 0 Å². The maximum Gasteiger partial charge on any atom is 0.0656 e. The van der Waals surface area contributed by atoms with Crippen molar-refractivity contribution in [2.24, 2.45) is 0 Å². The van der Waals surface area contributed by atoms with Gasteiger partial charge in [0.15, 0.2) is 0 Å². The van der Waals surface area contributed by atoms with E-state index in [9.17, 15) is 0 Å². The lowest BCUT2D eigenvalue weighted by Crippen LogP contribution is -1.78. The lowest BCUT2D eigenvalue weighted by atomic mass is 10.1. The summed E-state index contributed by atoms with van der Waals surface area (Å²) in [7, 11) is 0. The smallest absolute Gasteiger partial charge is 0.0656 e. The van der Waals surface area contributed by atoms with Crippen LogP contribution in [0.5, 0.6) is 0 Å². The molecule has 0 aliphatic rings. The highest BCUT2D eigenvalue weighted by atomic mass is 15.1. The van der Waals surface area contributed by atoms with Crippen molar-refractivity contribution in [3.63, 3.8) is 0 Å². The highest BCUT2D eigenvalue weighted by Crippen LogP contribution is 2.18. The van der Waals surface area contributed by atoms with E-state index >= 15 is 0 Å². The molecule has 0 saturated carbocycles. The molecule has 0 radical (unpaired) electrons. The Morgan fingerprint density at radius 2 is 2.31 bits per heavy atom. The highest BCUT2D eigenvalue weighted by molar-refractivity contribution is 5.82. The summed E-state index contributed by atoms with van der Waals surface area (Å²) in [5, 5.41) is 8.10. The first-order valence-corrected chi connectivity index (χ1v) is 4.37.